The van der Waals surface area contributed by atoms with Crippen molar-refractivity contribution in [3.8, 4) is 0 Å². The zero-order chi connectivity index (χ0) is 14.8. The monoisotopic (exact) mass is 285 g/mol. The van der Waals surface area contributed by atoms with Crippen LogP contribution in [0.3, 0.4) is 0 Å². The Labute approximate surface area is 123 Å². The van der Waals surface area contributed by atoms with E-state index >= 15 is 0 Å². The molecule has 5 nitrogen and oxygen atoms in total. The molecule has 5 heteroatoms. The molecule has 21 heavy (non-hydrogen) atoms. The second-order valence-corrected chi connectivity index (χ2v) is 5.47. The van der Waals surface area contributed by atoms with Gasteiger partial charge in [0.05, 0.1) is 17.7 Å². The zero-order valence-corrected chi connectivity index (χ0v) is 12.1. The summed E-state index contributed by atoms with van der Waals surface area (Å²) in [4.78, 5) is 18.9. The minimum Gasteiger partial charge on any atom is -0.384 e. The number of pyridine rings is 1. The standard InChI is InChI=1S/C16H19N3O2/c1-21-10-11-6-7-19(9-11)16(20)13-8-15(17)18-14-5-3-2-4-12(13)14/h2-5,8,11H,6-7,9-10H2,1H3,(H2,17,18). The number of rotatable bonds is 3. The van der Waals surface area contributed by atoms with Crippen molar-refractivity contribution < 1.29 is 9.53 Å². The van der Waals surface area contributed by atoms with Gasteiger partial charge in [-0.05, 0) is 18.6 Å². The number of carbonyl (C=O) groups excluding carboxylic acids is 1. The largest absolute Gasteiger partial charge is 0.384 e. The highest BCUT2D eigenvalue weighted by Gasteiger charge is 2.28. The number of methoxy groups -OCH3 is 1. The van der Waals surface area contributed by atoms with Crippen LogP contribution in [0.15, 0.2) is 30.3 Å². The van der Waals surface area contributed by atoms with Crippen molar-refractivity contribution in [3.05, 3.63) is 35.9 Å². The summed E-state index contributed by atoms with van der Waals surface area (Å²) in [6.07, 6.45) is 0.984. The fourth-order valence-corrected chi connectivity index (χ4v) is 2.93. The molecule has 1 aliphatic heterocycles. The average molecular weight is 285 g/mol. The van der Waals surface area contributed by atoms with Gasteiger partial charge in [0, 0.05) is 31.5 Å². The van der Waals surface area contributed by atoms with Crippen molar-refractivity contribution in [3.63, 3.8) is 0 Å². The number of likely N-dealkylation sites (tertiary alicyclic amines) is 1. The number of nitrogen functional groups attached to an aromatic ring is 1. The van der Waals surface area contributed by atoms with Crippen LogP contribution in [-0.4, -0.2) is 42.6 Å². The van der Waals surface area contributed by atoms with E-state index in [0.717, 1.165) is 30.4 Å². The third kappa shape index (κ3) is 2.69. The van der Waals surface area contributed by atoms with E-state index in [-0.39, 0.29) is 5.91 Å². The highest BCUT2D eigenvalue weighted by Crippen LogP contribution is 2.24. The number of hydrogen-bond acceptors (Lipinski definition) is 4. The lowest BCUT2D eigenvalue weighted by atomic mass is 10.1. The molecule has 1 aliphatic rings. The van der Waals surface area contributed by atoms with Gasteiger partial charge in [0.15, 0.2) is 0 Å². The zero-order valence-electron chi connectivity index (χ0n) is 12.1. The van der Waals surface area contributed by atoms with Crippen LogP contribution in [0, 0.1) is 5.92 Å². The molecule has 1 saturated heterocycles. The van der Waals surface area contributed by atoms with Gasteiger partial charge in [0.1, 0.15) is 5.82 Å². The van der Waals surface area contributed by atoms with Gasteiger partial charge in [0.2, 0.25) is 0 Å². The quantitative estimate of drug-likeness (QED) is 0.935. The Balaban J connectivity index is 1.92. The molecule has 0 radical (unpaired) electrons. The van der Waals surface area contributed by atoms with Crippen LogP contribution in [0.5, 0.6) is 0 Å². The predicted octanol–water partition coefficient (Wildman–Crippen LogP) is 1.93. The van der Waals surface area contributed by atoms with Crippen molar-refractivity contribution in [2.24, 2.45) is 5.92 Å². The normalized spacial score (nSPS) is 18.3. The smallest absolute Gasteiger partial charge is 0.254 e. The summed E-state index contributed by atoms with van der Waals surface area (Å²) >= 11 is 0. The Bertz CT molecular complexity index is 672. The van der Waals surface area contributed by atoms with Gasteiger partial charge in [-0.2, -0.15) is 0 Å². The number of ether oxygens (including phenoxy) is 1. The lowest BCUT2D eigenvalue weighted by molar-refractivity contribution is 0.0777. The van der Waals surface area contributed by atoms with E-state index in [9.17, 15) is 4.79 Å². The SMILES string of the molecule is COCC1CCN(C(=O)c2cc(N)nc3ccccc23)C1. The second-order valence-electron chi connectivity index (χ2n) is 5.47. The molecule has 110 valence electrons. The van der Waals surface area contributed by atoms with Crippen molar-refractivity contribution in [2.45, 2.75) is 6.42 Å². The molecule has 1 amide bonds. The van der Waals surface area contributed by atoms with Gasteiger partial charge in [-0.3, -0.25) is 4.79 Å². The fourth-order valence-electron chi connectivity index (χ4n) is 2.93. The highest BCUT2D eigenvalue weighted by atomic mass is 16.5. The minimum absolute atomic E-state index is 0.0268. The number of amides is 1. The van der Waals surface area contributed by atoms with E-state index in [1.54, 1.807) is 13.2 Å². The topological polar surface area (TPSA) is 68.5 Å². The van der Waals surface area contributed by atoms with Gasteiger partial charge < -0.3 is 15.4 Å². The van der Waals surface area contributed by atoms with E-state index in [1.807, 2.05) is 29.2 Å². The summed E-state index contributed by atoms with van der Waals surface area (Å²) in [6.45, 7) is 2.20. The van der Waals surface area contributed by atoms with Gasteiger partial charge in [-0.25, -0.2) is 4.98 Å². The molecule has 1 atom stereocenters. The first-order chi connectivity index (χ1) is 10.2. The van der Waals surface area contributed by atoms with Crippen molar-refractivity contribution in [1.82, 2.24) is 9.88 Å². The van der Waals surface area contributed by atoms with Gasteiger partial charge in [-0.15, -0.1) is 0 Å². The van der Waals surface area contributed by atoms with E-state index in [0.29, 0.717) is 23.9 Å². The van der Waals surface area contributed by atoms with Gasteiger partial charge in [-0.1, -0.05) is 18.2 Å². The van der Waals surface area contributed by atoms with E-state index in [1.165, 1.54) is 0 Å². The summed E-state index contributed by atoms with van der Waals surface area (Å²) in [6, 6.07) is 9.27. The predicted molar refractivity (Wildman–Crippen MR) is 82.0 cm³/mol. The van der Waals surface area contributed by atoms with Crippen LogP contribution in [-0.2, 0) is 4.74 Å². The molecular weight excluding hydrogens is 266 g/mol. The molecule has 0 saturated carbocycles. The molecule has 2 aromatic rings. The number of anilines is 1. The number of nitrogens with zero attached hydrogens (tertiary/aromatic N) is 2. The number of aromatic nitrogens is 1. The van der Waals surface area contributed by atoms with Crippen LogP contribution in [0.1, 0.15) is 16.8 Å². The molecule has 0 spiro atoms. The number of hydrogen-bond donors (Lipinski definition) is 1. The number of carbonyl (C=O) groups is 1. The number of para-hydroxylation sites is 1. The first-order valence-electron chi connectivity index (χ1n) is 7.12. The summed E-state index contributed by atoms with van der Waals surface area (Å²) in [5.41, 5.74) is 7.23. The maximum absolute atomic E-state index is 12.8. The molecule has 1 fully saturated rings. The van der Waals surface area contributed by atoms with Crippen LogP contribution < -0.4 is 5.73 Å². The molecule has 3 rings (SSSR count). The number of benzene rings is 1. The first kappa shape index (κ1) is 13.8. The van der Waals surface area contributed by atoms with Crippen LogP contribution in [0.25, 0.3) is 10.9 Å². The van der Waals surface area contributed by atoms with Crippen LogP contribution >= 0.6 is 0 Å². The minimum atomic E-state index is 0.0268. The molecular formula is C16H19N3O2. The lowest BCUT2D eigenvalue weighted by Crippen LogP contribution is -2.29. The summed E-state index contributed by atoms with van der Waals surface area (Å²) in [7, 11) is 1.70. The van der Waals surface area contributed by atoms with Gasteiger partial charge in [0.25, 0.3) is 5.91 Å². The Hall–Kier alpha value is -2.14. The Morgan fingerprint density at radius 3 is 3.10 bits per heavy atom. The highest BCUT2D eigenvalue weighted by molar-refractivity contribution is 6.06. The van der Waals surface area contributed by atoms with Crippen molar-refractivity contribution >= 4 is 22.6 Å². The number of fused-ring (bicyclic) bond motifs is 1. The fraction of sp³-hybridized carbons (Fsp3) is 0.375. The maximum Gasteiger partial charge on any atom is 0.254 e. The third-order valence-electron chi connectivity index (χ3n) is 3.94. The van der Waals surface area contributed by atoms with Crippen molar-refractivity contribution in [1.29, 1.82) is 0 Å². The summed E-state index contributed by atoms with van der Waals surface area (Å²) in [5.74, 6) is 0.827. The molecule has 1 aromatic heterocycles. The van der Waals surface area contributed by atoms with E-state index < -0.39 is 0 Å². The van der Waals surface area contributed by atoms with Crippen LogP contribution in [0.2, 0.25) is 0 Å². The summed E-state index contributed by atoms with van der Waals surface area (Å²) in [5, 5.41) is 0.854. The second kappa shape index (κ2) is 5.69. The van der Waals surface area contributed by atoms with E-state index in [4.69, 9.17) is 10.5 Å². The third-order valence-corrected chi connectivity index (χ3v) is 3.94. The molecule has 0 bridgehead atoms. The molecule has 2 heterocycles. The molecule has 2 N–H and O–H groups in total. The number of nitrogens with two attached hydrogens (primary N) is 1. The lowest BCUT2D eigenvalue weighted by Gasteiger charge is -2.18. The van der Waals surface area contributed by atoms with Crippen LogP contribution in [0.4, 0.5) is 5.82 Å². The molecule has 1 aromatic carbocycles. The molecule has 0 aliphatic carbocycles. The van der Waals surface area contributed by atoms with Gasteiger partial charge >= 0.3 is 0 Å². The summed E-state index contributed by atoms with van der Waals surface area (Å²) < 4.78 is 5.18. The Morgan fingerprint density at radius 2 is 2.29 bits per heavy atom. The maximum atomic E-state index is 12.8. The molecule has 1 unspecified atom stereocenters. The average Bonchev–Trinajstić information content (AvgIpc) is 2.94. The van der Waals surface area contributed by atoms with Crippen molar-refractivity contribution in [2.75, 3.05) is 32.5 Å². The Kier molecular flexibility index (Phi) is 3.75. The van der Waals surface area contributed by atoms with E-state index in [2.05, 4.69) is 4.98 Å². The first-order valence-corrected chi connectivity index (χ1v) is 7.12. The Morgan fingerprint density at radius 1 is 1.48 bits per heavy atom.